The summed E-state index contributed by atoms with van der Waals surface area (Å²) in [6.07, 6.45) is 3.63. The molecular formula is C26H29FN2O2. The van der Waals surface area contributed by atoms with Crippen molar-refractivity contribution >= 4 is 11.8 Å². The first kappa shape index (κ1) is 21.3. The summed E-state index contributed by atoms with van der Waals surface area (Å²) in [6.45, 7) is 7.13. The summed E-state index contributed by atoms with van der Waals surface area (Å²) in [5.74, 6) is 0.325. The van der Waals surface area contributed by atoms with Gasteiger partial charge in [-0.2, -0.15) is 0 Å². The van der Waals surface area contributed by atoms with E-state index in [0.29, 0.717) is 44.0 Å². The minimum absolute atomic E-state index is 0.0742. The zero-order chi connectivity index (χ0) is 22.0. The van der Waals surface area contributed by atoms with Crippen LogP contribution in [0, 0.1) is 23.1 Å². The van der Waals surface area contributed by atoms with Gasteiger partial charge in [0, 0.05) is 31.1 Å². The number of halogens is 1. The highest BCUT2D eigenvalue weighted by atomic mass is 19.1. The van der Waals surface area contributed by atoms with Crippen LogP contribution in [-0.2, 0) is 16.0 Å². The molecule has 1 aliphatic heterocycles. The number of nitrogens with one attached hydrogen (secondary N) is 1. The average molecular weight is 421 g/mol. The smallest absolute Gasteiger partial charge is 0.228 e. The van der Waals surface area contributed by atoms with Crippen LogP contribution in [0.25, 0.3) is 11.1 Å². The third-order valence-electron chi connectivity index (χ3n) is 6.69. The molecule has 1 saturated carbocycles. The Labute approximate surface area is 183 Å². The molecule has 1 saturated heterocycles. The van der Waals surface area contributed by atoms with Crippen molar-refractivity contribution in [3.63, 3.8) is 0 Å². The van der Waals surface area contributed by atoms with Crippen molar-refractivity contribution in [3.05, 3.63) is 72.6 Å². The molecule has 31 heavy (non-hydrogen) atoms. The molecule has 0 aromatic heterocycles. The van der Waals surface area contributed by atoms with Crippen LogP contribution >= 0.6 is 0 Å². The molecule has 4 nitrogen and oxygen atoms in total. The first-order valence-electron chi connectivity index (χ1n) is 11.0. The van der Waals surface area contributed by atoms with Crippen molar-refractivity contribution in [1.29, 1.82) is 0 Å². The number of benzene rings is 2. The van der Waals surface area contributed by atoms with Crippen molar-refractivity contribution in [2.24, 2.45) is 17.3 Å². The normalized spacial score (nSPS) is 24.6. The van der Waals surface area contributed by atoms with Gasteiger partial charge in [-0.05, 0) is 42.4 Å². The Morgan fingerprint density at radius 1 is 1.19 bits per heavy atom. The summed E-state index contributed by atoms with van der Waals surface area (Å²) in [4.78, 5) is 28.0. The second-order valence-corrected chi connectivity index (χ2v) is 8.92. The number of amides is 2. The topological polar surface area (TPSA) is 49.4 Å². The summed E-state index contributed by atoms with van der Waals surface area (Å²) in [5, 5.41) is 2.95. The summed E-state index contributed by atoms with van der Waals surface area (Å²) >= 11 is 0. The second kappa shape index (κ2) is 8.66. The molecule has 0 bridgehead atoms. The fourth-order valence-electron chi connectivity index (χ4n) is 4.70. The fourth-order valence-corrected chi connectivity index (χ4v) is 4.70. The molecule has 1 heterocycles. The Morgan fingerprint density at radius 2 is 1.87 bits per heavy atom. The van der Waals surface area contributed by atoms with Crippen molar-refractivity contribution in [2.75, 3.05) is 19.6 Å². The predicted molar refractivity (Wildman–Crippen MR) is 120 cm³/mol. The van der Waals surface area contributed by atoms with Crippen LogP contribution in [0.1, 0.15) is 25.3 Å². The maximum absolute atomic E-state index is 14.5. The Kier molecular flexibility index (Phi) is 5.94. The molecule has 3 atom stereocenters. The lowest BCUT2D eigenvalue weighted by molar-refractivity contribution is -0.134. The van der Waals surface area contributed by atoms with Gasteiger partial charge >= 0.3 is 0 Å². The third-order valence-corrected chi connectivity index (χ3v) is 6.69. The predicted octanol–water partition coefficient (Wildman–Crippen LogP) is 4.21. The van der Waals surface area contributed by atoms with Crippen LogP contribution in [-0.4, -0.2) is 36.3 Å². The maximum atomic E-state index is 14.5. The molecule has 1 N–H and O–H groups in total. The minimum Gasteiger partial charge on any atom is -0.352 e. The lowest BCUT2D eigenvalue weighted by atomic mass is 9.78. The van der Waals surface area contributed by atoms with E-state index >= 15 is 0 Å². The van der Waals surface area contributed by atoms with Crippen molar-refractivity contribution in [1.82, 2.24) is 10.2 Å². The highest BCUT2D eigenvalue weighted by molar-refractivity contribution is 5.87. The Bertz CT molecular complexity index is 1000. The molecule has 4 rings (SSSR count). The number of carbonyl (C=O) groups excluding carboxylic acids is 2. The highest BCUT2D eigenvalue weighted by Gasteiger charge is 2.49. The molecule has 2 aliphatic rings. The van der Waals surface area contributed by atoms with E-state index in [0.717, 1.165) is 17.5 Å². The zero-order valence-electron chi connectivity index (χ0n) is 17.9. The van der Waals surface area contributed by atoms with E-state index in [1.54, 1.807) is 18.2 Å². The molecule has 0 unspecified atom stereocenters. The average Bonchev–Trinajstić information content (AvgIpc) is 3.35. The van der Waals surface area contributed by atoms with E-state index in [1.807, 2.05) is 35.2 Å². The standard InChI is InChI=1S/C26H29FN2O2/c1-3-13-28-25(31)26(12-14-29(17-26)24(30)22-15-18(22)2)16-19-8-4-5-9-20(19)21-10-6-7-11-23(21)27/h3-11,18,22H,1,12-17H2,2H3,(H,28,31)/t18-,22-,26+/m1/s1. The molecule has 5 heteroatoms. The maximum Gasteiger partial charge on any atom is 0.228 e. The van der Waals surface area contributed by atoms with Gasteiger partial charge in [-0.25, -0.2) is 4.39 Å². The van der Waals surface area contributed by atoms with Gasteiger partial charge in [0.2, 0.25) is 11.8 Å². The van der Waals surface area contributed by atoms with Crippen molar-refractivity contribution in [2.45, 2.75) is 26.2 Å². The SMILES string of the molecule is C=CCNC(=O)[C@]1(Cc2ccccc2-c2ccccc2F)CCN(C(=O)[C@@H]2C[C@H]2C)C1. The molecule has 0 spiro atoms. The molecule has 1 aliphatic carbocycles. The Morgan fingerprint density at radius 3 is 2.55 bits per heavy atom. The van der Waals surface area contributed by atoms with Gasteiger partial charge in [-0.3, -0.25) is 9.59 Å². The summed E-state index contributed by atoms with van der Waals surface area (Å²) in [5.41, 5.74) is 1.49. The van der Waals surface area contributed by atoms with Crippen LogP contribution < -0.4 is 5.32 Å². The number of rotatable bonds is 7. The lowest BCUT2D eigenvalue weighted by Gasteiger charge is -2.29. The van der Waals surface area contributed by atoms with Crippen LogP contribution in [0.3, 0.4) is 0 Å². The van der Waals surface area contributed by atoms with Gasteiger partial charge in [-0.1, -0.05) is 55.5 Å². The van der Waals surface area contributed by atoms with Gasteiger partial charge in [0.05, 0.1) is 5.41 Å². The molecular weight excluding hydrogens is 391 g/mol. The number of hydrogen-bond donors (Lipinski definition) is 1. The van der Waals surface area contributed by atoms with Crippen molar-refractivity contribution in [3.8, 4) is 11.1 Å². The zero-order valence-corrected chi connectivity index (χ0v) is 17.9. The van der Waals surface area contributed by atoms with Crippen LogP contribution in [0.2, 0.25) is 0 Å². The molecule has 0 radical (unpaired) electrons. The largest absolute Gasteiger partial charge is 0.352 e. The third kappa shape index (κ3) is 4.27. The van der Waals surface area contributed by atoms with Gasteiger partial charge in [0.1, 0.15) is 5.82 Å². The molecule has 2 aromatic rings. The number of likely N-dealkylation sites (tertiary alicyclic amines) is 1. The summed E-state index contributed by atoms with van der Waals surface area (Å²) < 4.78 is 14.5. The summed E-state index contributed by atoms with van der Waals surface area (Å²) in [6, 6.07) is 14.3. The Hall–Kier alpha value is -2.95. The van der Waals surface area contributed by atoms with Gasteiger partial charge in [-0.15, -0.1) is 6.58 Å². The number of nitrogens with zero attached hydrogens (tertiary/aromatic N) is 1. The van der Waals surface area contributed by atoms with Crippen LogP contribution in [0.5, 0.6) is 0 Å². The lowest BCUT2D eigenvalue weighted by Crippen LogP contribution is -2.45. The monoisotopic (exact) mass is 420 g/mol. The van der Waals surface area contributed by atoms with Gasteiger partial charge < -0.3 is 10.2 Å². The quantitative estimate of drug-likeness (QED) is 0.682. The van der Waals surface area contributed by atoms with E-state index in [4.69, 9.17) is 0 Å². The van der Waals surface area contributed by atoms with Gasteiger partial charge in [0.25, 0.3) is 0 Å². The van der Waals surface area contributed by atoms with Crippen molar-refractivity contribution < 1.29 is 14.0 Å². The molecule has 2 aromatic carbocycles. The van der Waals surface area contributed by atoms with Crippen LogP contribution in [0.4, 0.5) is 4.39 Å². The first-order valence-corrected chi connectivity index (χ1v) is 11.0. The van der Waals surface area contributed by atoms with E-state index in [1.165, 1.54) is 6.07 Å². The van der Waals surface area contributed by atoms with E-state index in [2.05, 4.69) is 18.8 Å². The van der Waals surface area contributed by atoms with Gasteiger partial charge in [0.15, 0.2) is 0 Å². The highest BCUT2D eigenvalue weighted by Crippen LogP contribution is 2.43. The fraction of sp³-hybridized carbons (Fsp3) is 0.385. The van der Waals surface area contributed by atoms with E-state index < -0.39 is 5.41 Å². The minimum atomic E-state index is -0.738. The Balaban J connectivity index is 1.65. The molecule has 2 fully saturated rings. The molecule has 162 valence electrons. The van der Waals surface area contributed by atoms with E-state index in [-0.39, 0.29) is 23.5 Å². The van der Waals surface area contributed by atoms with E-state index in [9.17, 15) is 14.0 Å². The second-order valence-electron chi connectivity index (χ2n) is 8.92. The molecule has 2 amide bonds. The number of hydrogen-bond acceptors (Lipinski definition) is 2. The first-order chi connectivity index (χ1) is 14.9. The van der Waals surface area contributed by atoms with Crippen LogP contribution in [0.15, 0.2) is 61.2 Å². The summed E-state index contributed by atoms with van der Waals surface area (Å²) in [7, 11) is 0. The number of carbonyl (C=O) groups is 2.